The first kappa shape index (κ1) is 19.5. The van der Waals surface area contributed by atoms with E-state index in [1.165, 1.54) is 18.5 Å². The van der Waals surface area contributed by atoms with Crippen LogP contribution in [0.15, 0.2) is 67.4 Å². The van der Waals surface area contributed by atoms with Crippen LogP contribution in [0.1, 0.15) is 34.1 Å². The summed E-state index contributed by atoms with van der Waals surface area (Å²) in [5.41, 5.74) is 4.07. The molecule has 0 atom stereocenters. The summed E-state index contributed by atoms with van der Waals surface area (Å²) >= 11 is 0. The molecule has 2 aromatic heterocycles. The first-order chi connectivity index (χ1) is 14.6. The Hall–Kier alpha value is -3.81. The van der Waals surface area contributed by atoms with Crippen molar-refractivity contribution in [1.29, 1.82) is 0 Å². The van der Waals surface area contributed by atoms with E-state index in [9.17, 15) is 9.18 Å². The molecule has 0 bridgehead atoms. The molecule has 8 heteroatoms. The Kier molecular flexibility index (Phi) is 5.65. The minimum atomic E-state index is -0.312. The molecule has 30 heavy (non-hydrogen) atoms. The van der Waals surface area contributed by atoms with Gasteiger partial charge in [0.2, 0.25) is 0 Å². The topological polar surface area (TPSA) is 77.6 Å². The smallest absolute Gasteiger partial charge is 0.255 e. The average molecular weight is 404 g/mol. The normalized spacial score (nSPS) is 10.9. The predicted molar refractivity (Wildman–Crippen MR) is 110 cm³/mol. The zero-order chi connectivity index (χ0) is 20.9. The lowest BCUT2D eigenvalue weighted by molar-refractivity contribution is 0.0950. The van der Waals surface area contributed by atoms with Gasteiger partial charge in [-0.15, -0.1) is 0 Å². The number of rotatable bonds is 7. The number of nitrogens with zero attached hydrogens (tertiary/aromatic N) is 5. The van der Waals surface area contributed by atoms with Crippen molar-refractivity contribution in [3.8, 4) is 5.69 Å². The van der Waals surface area contributed by atoms with Crippen LogP contribution in [-0.2, 0) is 19.5 Å². The average Bonchev–Trinajstić information content (AvgIpc) is 3.42. The van der Waals surface area contributed by atoms with Crippen molar-refractivity contribution in [2.24, 2.45) is 0 Å². The van der Waals surface area contributed by atoms with Crippen LogP contribution < -0.4 is 5.32 Å². The SMILES string of the molecule is CCc1c(C(=O)NCc2cccc(Cn3cncn3)c2)cnn1-c1ccc(F)cc1. The van der Waals surface area contributed by atoms with Gasteiger partial charge in [0.15, 0.2) is 0 Å². The molecule has 0 aliphatic rings. The van der Waals surface area contributed by atoms with Crippen molar-refractivity contribution >= 4 is 5.91 Å². The monoisotopic (exact) mass is 404 g/mol. The molecule has 0 aliphatic carbocycles. The predicted octanol–water partition coefficient (Wildman–Crippen LogP) is 3.14. The fourth-order valence-corrected chi connectivity index (χ4v) is 3.33. The summed E-state index contributed by atoms with van der Waals surface area (Å²) in [6.07, 6.45) is 5.34. The Morgan fingerprint density at radius 1 is 1.10 bits per heavy atom. The molecule has 0 unspecified atom stereocenters. The van der Waals surface area contributed by atoms with Crippen LogP contribution in [0.4, 0.5) is 4.39 Å². The molecule has 2 heterocycles. The summed E-state index contributed by atoms with van der Waals surface area (Å²) in [4.78, 5) is 16.7. The first-order valence-electron chi connectivity index (χ1n) is 9.65. The van der Waals surface area contributed by atoms with Gasteiger partial charge in [-0.25, -0.2) is 18.7 Å². The Labute approximate surface area is 173 Å². The number of carbonyl (C=O) groups excluding carboxylic acids is 1. The lowest BCUT2D eigenvalue weighted by Crippen LogP contribution is -2.24. The van der Waals surface area contributed by atoms with Crippen molar-refractivity contribution < 1.29 is 9.18 Å². The number of carbonyl (C=O) groups is 1. The fraction of sp³-hybridized carbons (Fsp3) is 0.182. The van der Waals surface area contributed by atoms with Crippen LogP contribution in [0, 0.1) is 5.82 Å². The van der Waals surface area contributed by atoms with Crippen LogP contribution in [-0.4, -0.2) is 30.5 Å². The molecule has 0 aliphatic heterocycles. The molecule has 1 N–H and O–H groups in total. The second-order valence-electron chi connectivity index (χ2n) is 6.84. The van der Waals surface area contributed by atoms with Gasteiger partial charge in [0.1, 0.15) is 18.5 Å². The highest BCUT2D eigenvalue weighted by molar-refractivity contribution is 5.95. The van der Waals surface area contributed by atoms with E-state index in [1.807, 2.05) is 31.2 Å². The van der Waals surface area contributed by atoms with Gasteiger partial charge >= 0.3 is 0 Å². The number of hydrogen-bond donors (Lipinski definition) is 1. The molecular formula is C22H21FN6O. The number of benzene rings is 2. The van der Waals surface area contributed by atoms with Gasteiger partial charge < -0.3 is 5.32 Å². The van der Waals surface area contributed by atoms with Crippen LogP contribution in [0.2, 0.25) is 0 Å². The lowest BCUT2D eigenvalue weighted by Gasteiger charge is -2.09. The van der Waals surface area contributed by atoms with Gasteiger partial charge in [-0.3, -0.25) is 4.79 Å². The highest BCUT2D eigenvalue weighted by Crippen LogP contribution is 2.17. The van der Waals surface area contributed by atoms with Crippen LogP contribution >= 0.6 is 0 Å². The summed E-state index contributed by atoms with van der Waals surface area (Å²) in [5, 5.41) is 11.4. The van der Waals surface area contributed by atoms with E-state index in [4.69, 9.17) is 0 Å². The largest absolute Gasteiger partial charge is 0.348 e. The highest BCUT2D eigenvalue weighted by Gasteiger charge is 2.17. The van der Waals surface area contributed by atoms with Crippen LogP contribution in [0.3, 0.4) is 0 Å². The summed E-state index contributed by atoms with van der Waals surface area (Å²) in [7, 11) is 0. The van der Waals surface area contributed by atoms with Crippen molar-refractivity contribution in [2.75, 3.05) is 0 Å². The molecule has 0 spiro atoms. The highest BCUT2D eigenvalue weighted by atomic mass is 19.1. The molecule has 4 aromatic rings. The summed E-state index contributed by atoms with van der Waals surface area (Å²) < 4.78 is 16.6. The van der Waals surface area contributed by atoms with E-state index in [-0.39, 0.29) is 11.7 Å². The Bertz CT molecular complexity index is 1130. The number of hydrogen-bond acceptors (Lipinski definition) is 4. The second-order valence-corrected chi connectivity index (χ2v) is 6.84. The zero-order valence-corrected chi connectivity index (χ0v) is 16.5. The number of nitrogens with one attached hydrogen (secondary N) is 1. The van der Waals surface area contributed by atoms with Gasteiger partial charge in [0.25, 0.3) is 5.91 Å². The number of aromatic nitrogens is 5. The third-order valence-corrected chi connectivity index (χ3v) is 4.78. The van der Waals surface area contributed by atoms with Gasteiger partial charge in [-0.2, -0.15) is 10.2 Å². The molecule has 0 saturated heterocycles. The minimum absolute atomic E-state index is 0.193. The van der Waals surface area contributed by atoms with E-state index in [1.54, 1.807) is 34.0 Å². The van der Waals surface area contributed by atoms with Crippen LogP contribution in [0.25, 0.3) is 5.69 Å². The molecular weight excluding hydrogens is 383 g/mol. The third-order valence-electron chi connectivity index (χ3n) is 4.78. The standard InChI is InChI=1S/C22H21FN6O/c1-2-21-20(12-26-29(21)19-8-6-18(23)7-9-19)22(30)25-11-16-4-3-5-17(10-16)13-28-15-24-14-27-28/h3-10,12,14-15H,2,11,13H2,1H3,(H,25,30). The number of amides is 1. The third kappa shape index (κ3) is 4.27. The summed E-state index contributed by atoms with van der Waals surface area (Å²) in [6, 6.07) is 14.0. The van der Waals surface area contributed by atoms with Crippen molar-refractivity contribution in [2.45, 2.75) is 26.4 Å². The minimum Gasteiger partial charge on any atom is -0.348 e. The van der Waals surface area contributed by atoms with Gasteiger partial charge in [-0.1, -0.05) is 31.2 Å². The van der Waals surface area contributed by atoms with E-state index in [2.05, 4.69) is 20.5 Å². The fourth-order valence-electron chi connectivity index (χ4n) is 3.33. The Balaban J connectivity index is 1.46. The Morgan fingerprint density at radius 2 is 1.90 bits per heavy atom. The van der Waals surface area contributed by atoms with Crippen molar-refractivity contribution in [3.63, 3.8) is 0 Å². The molecule has 2 aromatic carbocycles. The molecule has 0 saturated carbocycles. The molecule has 7 nitrogen and oxygen atoms in total. The number of halogens is 1. The van der Waals surface area contributed by atoms with Crippen LogP contribution in [0.5, 0.6) is 0 Å². The van der Waals surface area contributed by atoms with E-state index < -0.39 is 0 Å². The molecule has 4 rings (SSSR count). The summed E-state index contributed by atoms with van der Waals surface area (Å²) in [6.45, 7) is 2.97. The molecule has 0 fully saturated rings. The molecule has 0 radical (unpaired) electrons. The first-order valence-corrected chi connectivity index (χ1v) is 9.65. The van der Waals surface area contributed by atoms with E-state index in [0.29, 0.717) is 30.8 Å². The quantitative estimate of drug-likeness (QED) is 0.513. The van der Waals surface area contributed by atoms with E-state index in [0.717, 1.165) is 16.8 Å². The molecule has 152 valence electrons. The van der Waals surface area contributed by atoms with Gasteiger partial charge in [0.05, 0.1) is 29.7 Å². The maximum absolute atomic E-state index is 13.2. The van der Waals surface area contributed by atoms with Gasteiger partial charge in [0, 0.05) is 6.54 Å². The summed E-state index contributed by atoms with van der Waals surface area (Å²) in [5.74, 6) is -0.505. The lowest BCUT2D eigenvalue weighted by atomic mass is 10.1. The Morgan fingerprint density at radius 3 is 2.63 bits per heavy atom. The van der Waals surface area contributed by atoms with Crippen molar-refractivity contribution in [1.82, 2.24) is 29.9 Å². The molecule has 1 amide bonds. The van der Waals surface area contributed by atoms with E-state index >= 15 is 0 Å². The van der Waals surface area contributed by atoms with Gasteiger partial charge in [-0.05, 0) is 41.8 Å². The second kappa shape index (κ2) is 8.69. The zero-order valence-electron chi connectivity index (χ0n) is 16.5. The maximum atomic E-state index is 13.2. The maximum Gasteiger partial charge on any atom is 0.255 e. The van der Waals surface area contributed by atoms with Crippen molar-refractivity contribution in [3.05, 3.63) is 95.6 Å².